The van der Waals surface area contributed by atoms with E-state index in [9.17, 15) is 14.4 Å². The topological polar surface area (TPSA) is 96.2 Å². The molecule has 0 bridgehead atoms. The molecule has 10 heteroatoms. The fraction of sp³-hybridized carbons (Fsp3) is 0.188. The second-order valence-electron chi connectivity index (χ2n) is 9.22. The van der Waals surface area contributed by atoms with Crippen LogP contribution in [0.2, 0.25) is 0 Å². The van der Waals surface area contributed by atoms with E-state index in [0.717, 1.165) is 9.13 Å². The van der Waals surface area contributed by atoms with Gasteiger partial charge in [-0.15, -0.1) is 0 Å². The molecule has 0 saturated carbocycles. The first-order valence-corrected chi connectivity index (χ1v) is 15.2. The first kappa shape index (κ1) is 29.5. The van der Waals surface area contributed by atoms with Gasteiger partial charge in [0.25, 0.3) is 5.56 Å². The lowest BCUT2D eigenvalue weighted by Crippen LogP contribution is -2.39. The van der Waals surface area contributed by atoms with Crippen molar-refractivity contribution in [2.24, 2.45) is 4.99 Å². The molecule has 214 valence electrons. The van der Waals surface area contributed by atoms with Gasteiger partial charge in [-0.25, -0.2) is 14.6 Å². The molecular formula is C32H27IN2O6S. The summed E-state index contributed by atoms with van der Waals surface area (Å²) in [7, 11) is 0. The number of esters is 2. The Bertz CT molecular complexity index is 1880. The van der Waals surface area contributed by atoms with Crippen LogP contribution < -0.4 is 24.4 Å². The zero-order valence-corrected chi connectivity index (χ0v) is 26.1. The van der Waals surface area contributed by atoms with Crippen LogP contribution in [0.4, 0.5) is 0 Å². The first-order valence-electron chi connectivity index (χ1n) is 13.3. The Balaban J connectivity index is 1.56. The van der Waals surface area contributed by atoms with Gasteiger partial charge in [-0.2, -0.15) is 0 Å². The molecule has 8 nitrogen and oxygen atoms in total. The van der Waals surface area contributed by atoms with E-state index in [-0.39, 0.29) is 17.9 Å². The molecule has 3 aromatic carbocycles. The van der Waals surface area contributed by atoms with Crippen molar-refractivity contribution in [3.05, 3.63) is 124 Å². The number of hydrogen-bond donors (Lipinski definition) is 0. The number of nitrogens with zero attached hydrogens (tertiary/aromatic N) is 2. The van der Waals surface area contributed by atoms with Crippen molar-refractivity contribution in [3.8, 4) is 11.5 Å². The van der Waals surface area contributed by atoms with Gasteiger partial charge >= 0.3 is 11.9 Å². The Labute approximate surface area is 259 Å². The monoisotopic (exact) mass is 694 g/mol. The Kier molecular flexibility index (Phi) is 9.03. The number of carbonyl (C=O) groups is 2. The van der Waals surface area contributed by atoms with Crippen molar-refractivity contribution in [3.63, 3.8) is 0 Å². The van der Waals surface area contributed by atoms with Gasteiger partial charge in [-0.05, 0) is 84.8 Å². The molecule has 2 heterocycles. The Hall–Kier alpha value is -4.03. The van der Waals surface area contributed by atoms with Gasteiger partial charge in [0.05, 0.1) is 40.6 Å². The normalized spacial score (nSPS) is 14.7. The SMILES string of the molecule is CCOC(=O)C1=C(C)N=c2s/c(=C/c3ccc(OC(=O)c4ccccc4I)c(OCC)c3)c(=O)n2C1c1ccccc1. The van der Waals surface area contributed by atoms with Gasteiger partial charge in [-0.3, -0.25) is 9.36 Å². The molecule has 0 spiro atoms. The van der Waals surface area contributed by atoms with Crippen molar-refractivity contribution in [2.75, 3.05) is 13.2 Å². The van der Waals surface area contributed by atoms with E-state index >= 15 is 0 Å². The fourth-order valence-electron chi connectivity index (χ4n) is 4.64. The van der Waals surface area contributed by atoms with Crippen molar-refractivity contribution in [2.45, 2.75) is 26.8 Å². The molecule has 0 N–H and O–H groups in total. The van der Waals surface area contributed by atoms with Crippen molar-refractivity contribution >= 4 is 51.9 Å². The average Bonchev–Trinajstić information content (AvgIpc) is 3.28. The number of benzene rings is 3. The van der Waals surface area contributed by atoms with Crippen LogP contribution in [-0.4, -0.2) is 29.7 Å². The lowest BCUT2D eigenvalue weighted by molar-refractivity contribution is -0.139. The van der Waals surface area contributed by atoms with Crippen molar-refractivity contribution in [1.82, 2.24) is 4.57 Å². The van der Waals surface area contributed by atoms with Crippen LogP contribution in [0.3, 0.4) is 0 Å². The summed E-state index contributed by atoms with van der Waals surface area (Å²) in [5, 5.41) is 0. The second-order valence-corrected chi connectivity index (χ2v) is 11.4. The largest absolute Gasteiger partial charge is 0.490 e. The van der Waals surface area contributed by atoms with Crippen LogP contribution in [0.5, 0.6) is 11.5 Å². The highest BCUT2D eigenvalue weighted by atomic mass is 127. The molecule has 0 saturated heterocycles. The predicted octanol–water partition coefficient (Wildman–Crippen LogP) is 5.02. The summed E-state index contributed by atoms with van der Waals surface area (Å²) in [5.41, 5.74) is 2.47. The van der Waals surface area contributed by atoms with Crippen molar-refractivity contribution < 1.29 is 23.8 Å². The molecule has 1 aromatic heterocycles. The highest BCUT2D eigenvalue weighted by Gasteiger charge is 2.33. The number of thiazole rings is 1. The van der Waals surface area contributed by atoms with Crippen LogP contribution >= 0.6 is 33.9 Å². The van der Waals surface area contributed by atoms with Gasteiger partial charge < -0.3 is 14.2 Å². The number of fused-ring (bicyclic) bond motifs is 1. The van der Waals surface area contributed by atoms with E-state index in [0.29, 0.717) is 44.1 Å². The molecule has 1 unspecified atom stereocenters. The van der Waals surface area contributed by atoms with Gasteiger partial charge in [0.1, 0.15) is 0 Å². The molecule has 0 amide bonds. The molecule has 1 aliphatic heterocycles. The quantitative estimate of drug-likeness (QED) is 0.146. The summed E-state index contributed by atoms with van der Waals surface area (Å²) in [5.74, 6) is -0.339. The summed E-state index contributed by atoms with van der Waals surface area (Å²) < 4.78 is 19.6. The molecule has 0 fully saturated rings. The lowest BCUT2D eigenvalue weighted by atomic mass is 9.96. The number of aromatic nitrogens is 1. The molecule has 1 aliphatic rings. The molecule has 42 heavy (non-hydrogen) atoms. The Morgan fingerprint density at radius 2 is 1.71 bits per heavy atom. The zero-order chi connectivity index (χ0) is 29.8. The molecule has 5 rings (SSSR count). The zero-order valence-electron chi connectivity index (χ0n) is 23.1. The number of hydrogen-bond acceptors (Lipinski definition) is 8. The standard InChI is InChI=1S/C32H27IN2O6S/c1-4-39-25-17-20(15-16-24(25)41-30(37)22-13-9-10-14-23(22)33)18-26-29(36)35-28(21-11-7-6-8-12-21)27(31(38)40-5-2)19(3)34-32(35)42-26/h6-18,28H,4-5H2,1-3H3/b26-18+. The second kappa shape index (κ2) is 12.9. The minimum atomic E-state index is -0.676. The smallest absolute Gasteiger partial charge is 0.344 e. The van der Waals surface area contributed by atoms with E-state index in [1.54, 1.807) is 54.8 Å². The minimum absolute atomic E-state index is 0.208. The van der Waals surface area contributed by atoms with Crippen LogP contribution in [-0.2, 0) is 9.53 Å². The minimum Gasteiger partial charge on any atom is -0.490 e. The molecule has 1 atom stereocenters. The maximum absolute atomic E-state index is 13.9. The fourth-order valence-corrected chi connectivity index (χ4v) is 6.30. The number of carbonyl (C=O) groups excluding carboxylic acids is 2. The number of rotatable bonds is 8. The van der Waals surface area contributed by atoms with Crippen LogP contribution in [0.25, 0.3) is 6.08 Å². The molecular weight excluding hydrogens is 667 g/mol. The summed E-state index contributed by atoms with van der Waals surface area (Å²) in [6.07, 6.45) is 1.74. The van der Waals surface area contributed by atoms with Crippen LogP contribution in [0, 0.1) is 3.57 Å². The predicted molar refractivity (Wildman–Crippen MR) is 169 cm³/mol. The lowest BCUT2D eigenvalue weighted by Gasteiger charge is -2.24. The third kappa shape index (κ3) is 5.95. The van der Waals surface area contributed by atoms with Crippen molar-refractivity contribution in [1.29, 1.82) is 0 Å². The molecule has 0 aliphatic carbocycles. The van der Waals surface area contributed by atoms with Gasteiger partial charge in [-0.1, -0.05) is 59.9 Å². The van der Waals surface area contributed by atoms with E-state index < -0.39 is 18.0 Å². The number of ether oxygens (including phenoxy) is 3. The van der Waals surface area contributed by atoms with E-state index in [1.807, 2.05) is 49.4 Å². The van der Waals surface area contributed by atoms with E-state index in [4.69, 9.17) is 14.2 Å². The van der Waals surface area contributed by atoms with E-state index in [1.165, 1.54) is 11.3 Å². The summed E-state index contributed by atoms with van der Waals surface area (Å²) in [6, 6.07) is 21.0. The van der Waals surface area contributed by atoms with Gasteiger partial charge in [0.15, 0.2) is 16.3 Å². The summed E-state index contributed by atoms with van der Waals surface area (Å²) in [6.45, 7) is 5.89. The maximum atomic E-state index is 13.9. The van der Waals surface area contributed by atoms with Gasteiger partial charge in [0, 0.05) is 3.57 Å². The Morgan fingerprint density at radius 3 is 2.43 bits per heavy atom. The average molecular weight is 695 g/mol. The third-order valence-corrected chi connectivity index (χ3v) is 8.42. The Morgan fingerprint density at radius 1 is 0.976 bits per heavy atom. The highest BCUT2D eigenvalue weighted by molar-refractivity contribution is 14.1. The third-order valence-electron chi connectivity index (χ3n) is 6.49. The highest BCUT2D eigenvalue weighted by Crippen LogP contribution is 2.32. The maximum Gasteiger partial charge on any atom is 0.344 e. The number of halogens is 1. The van der Waals surface area contributed by atoms with Crippen LogP contribution in [0.15, 0.2) is 93.9 Å². The summed E-state index contributed by atoms with van der Waals surface area (Å²) >= 11 is 3.32. The van der Waals surface area contributed by atoms with E-state index in [2.05, 4.69) is 27.6 Å². The molecule has 0 radical (unpaired) electrons. The number of allylic oxidation sites excluding steroid dienone is 1. The van der Waals surface area contributed by atoms with Crippen LogP contribution in [0.1, 0.15) is 48.3 Å². The molecule has 4 aromatic rings. The van der Waals surface area contributed by atoms with Gasteiger partial charge in [0.2, 0.25) is 0 Å². The summed E-state index contributed by atoms with van der Waals surface area (Å²) in [4.78, 5) is 44.8. The first-order chi connectivity index (χ1) is 20.3.